The van der Waals surface area contributed by atoms with E-state index in [2.05, 4.69) is 81.5 Å². The van der Waals surface area contributed by atoms with Gasteiger partial charge in [0.2, 0.25) is 0 Å². The van der Waals surface area contributed by atoms with Crippen molar-refractivity contribution in [2.75, 3.05) is 39.3 Å². The summed E-state index contributed by atoms with van der Waals surface area (Å²) in [6.45, 7) is 5.93. The van der Waals surface area contributed by atoms with Gasteiger partial charge in [-0.25, -0.2) is 0 Å². The van der Waals surface area contributed by atoms with E-state index < -0.39 is 0 Å². The maximum absolute atomic E-state index is 9.14. The first-order valence-electron chi connectivity index (χ1n) is 12.0. The summed E-state index contributed by atoms with van der Waals surface area (Å²) in [5, 5.41) is 10.1. The number of aromatic nitrogens is 1. The Hall–Kier alpha value is -3.01. The molecular formula is C29H32Cl2N4O. The van der Waals surface area contributed by atoms with Crippen molar-refractivity contribution in [3.8, 4) is 11.8 Å². The number of piperazine rings is 1. The summed E-state index contributed by atoms with van der Waals surface area (Å²) < 4.78 is 6.08. The topological polar surface area (TPSA) is 55.3 Å². The highest BCUT2D eigenvalue weighted by Gasteiger charge is 2.26. The Morgan fingerprint density at radius 3 is 2.08 bits per heavy atom. The van der Waals surface area contributed by atoms with E-state index in [-0.39, 0.29) is 24.8 Å². The average molecular weight is 524 g/mol. The van der Waals surface area contributed by atoms with Crippen LogP contribution in [0.1, 0.15) is 29.3 Å². The van der Waals surface area contributed by atoms with Crippen molar-refractivity contribution in [1.82, 2.24) is 14.8 Å². The number of halogens is 2. The van der Waals surface area contributed by atoms with Crippen molar-refractivity contribution in [1.29, 1.82) is 5.26 Å². The molecule has 188 valence electrons. The van der Waals surface area contributed by atoms with Gasteiger partial charge in [0, 0.05) is 38.1 Å². The molecule has 0 radical (unpaired) electrons. The van der Waals surface area contributed by atoms with Crippen LogP contribution in [0.4, 0.5) is 0 Å². The predicted molar refractivity (Wildman–Crippen MR) is 150 cm³/mol. The Bertz CT molecular complexity index is 1210. The molecule has 2 heterocycles. The van der Waals surface area contributed by atoms with Gasteiger partial charge in [0.05, 0.1) is 18.2 Å². The Morgan fingerprint density at radius 1 is 0.833 bits per heavy atom. The van der Waals surface area contributed by atoms with E-state index in [0.717, 1.165) is 55.8 Å². The normalized spacial score (nSPS) is 14.1. The van der Waals surface area contributed by atoms with Crippen molar-refractivity contribution in [3.63, 3.8) is 0 Å². The maximum Gasteiger partial charge on any atom is 0.128 e. The van der Waals surface area contributed by atoms with Gasteiger partial charge < -0.3 is 14.6 Å². The van der Waals surface area contributed by atoms with Gasteiger partial charge in [-0.2, -0.15) is 5.26 Å². The molecule has 1 aliphatic rings. The van der Waals surface area contributed by atoms with Crippen molar-refractivity contribution >= 4 is 35.7 Å². The Morgan fingerprint density at radius 2 is 1.47 bits per heavy atom. The van der Waals surface area contributed by atoms with Gasteiger partial charge in [0.15, 0.2) is 0 Å². The third-order valence-electron chi connectivity index (χ3n) is 6.62. The lowest BCUT2D eigenvalue weighted by atomic mass is 9.96. The minimum atomic E-state index is 0. The van der Waals surface area contributed by atoms with E-state index >= 15 is 0 Å². The molecule has 0 bridgehead atoms. The van der Waals surface area contributed by atoms with Gasteiger partial charge in [-0.1, -0.05) is 66.7 Å². The zero-order valence-corrected chi connectivity index (χ0v) is 21.8. The molecule has 5 rings (SSSR count). The van der Waals surface area contributed by atoms with Gasteiger partial charge in [-0.15, -0.1) is 24.8 Å². The number of rotatable bonds is 8. The number of nitrogens with zero attached hydrogens (tertiary/aromatic N) is 3. The molecule has 36 heavy (non-hydrogen) atoms. The standard InChI is InChI=1S/C29H30N4O.2ClH/c30-22-25-21-26-27(31-25)13-7-14-28(26)34-20-8-15-32-16-18-33(19-17-32)29(23-9-3-1-4-10-23)24-11-5-2-6-12-24;;/h1-7,9-14,21,29,31H,8,15-20H2;2*1H. The number of hydrogen-bond acceptors (Lipinski definition) is 4. The molecule has 0 saturated carbocycles. The molecule has 0 unspecified atom stereocenters. The number of hydrogen-bond donors (Lipinski definition) is 1. The summed E-state index contributed by atoms with van der Waals surface area (Å²) >= 11 is 0. The quantitative estimate of drug-likeness (QED) is 0.286. The van der Waals surface area contributed by atoms with Crippen LogP contribution in [0, 0.1) is 11.3 Å². The fourth-order valence-electron chi connectivity index (χ4n) is 4.91. The number of H-pyrrole nitrogens is 1. The van der Waals surface area contributed by atoms with Crippen LogP contribution in [0.2, 0.25) is 0 Å². The third kappa shape index (κ3) is 6.40. The summed E-state index contributed by atoms with van der Waals surface area (Å²) in [5.74, 6) is 0.841. The number of fused-ring (bicyclic) bond motifs is 1. The Balaban J connectivity index is 0.00000180. The highest BCUT2D eigenvalue weighted by Crippen LogP contribution is 2.30. The minimum Gasteiger partial charge on any atom is -0.493 e. The van der Waals surface area contributed by atoms with Crippen LogP contribution < -0.4 is 4.74 Å². The van der Waals surface area contributed by atoms with Gasteiger partial charge in [-0.3, -0.25) is 4.90 Å². The first-order chi connectivity index (χ1) is 16.8. The second-order valence-corrected chi connectivity index (χ2v) is 8.82. The first-order valence-corrected chi connectivity index (χ1v) is 12.0. The highest BCUT2D eigenvalue weighted by molar-refractivity contribution is 5.87. The molecule has 1 N–H and O–H groups in total. The molecule has 0 atom stereocenters. The fourth-order valence-corrected chi connectivity index (χ4v) is 4.91. The van der Waals surface area contributed by atoms with E-state index in [0.29, 0.717) is 18.3 Å². The molecule has 3 aromatic carbocycles. The molecule has 0 aliphatic carbocycles. The van der Waals surface area contributed by atoms with Crippen molar-refractivity contribution in [2.24, 2.45) is 0 Å². The van der Waals surface area contributed by atoms with E-state index in [4.69, 9.17) is 10.00 Å². The van der Waals surface area contributed by atoms with Crippen LogP contribution in [0.5, 0.6) is 5.75 Å². The monoisotopic (exact) mass is 522 g/mol. The number of aromatic amines is 1. The molecule has 1 aliphatic heterocycles. The van der Waals surface area contributed by atoms with Crippen molar-refractivity contribution < 1.29 is 4.74 Å². The molecule has 4 aromatic rings. The molecule has 0 amide bonds. The molecule has 5 nitrogen and oxygen atoms in total. The summed E-state index contributed by atoms with van der Waals surface area (Å²) in [5.41, 5.74) is 4.22. The van der Waals surface area contributed by atoms with Crippen LogP contribution in [0.25, 0.3) is 10.9 Å². The Labute approximate surface area is 225 Å². The van der Waals surface area contributed by atoms with Gasteiger partial charge >= 0.3 is 0 Å². The summed E-state index contributed by atoms with van der Waals surface area (Å²) in [6, 6.07) is 31.9. The second kappa shape index (κ2) is 13.3. The number of nitrogens with one attached hydrogen (secondary N) is 1. The number of nitriles is 1. The van der Waals surface area contributed by atoms with E-state index in [1.54, 1.807) is 0 Å². The summed E-state index contributed by atoms with van der Waals surface area (Å²) in [6.07, 6.45) is 0.979. The van der Waals surface area contributed by atoms with Crippen molar-refractivity contribution in [2.45, 2.75) is 12.5 Å². The lowest BCUT2D eigenvalue weighted by Gasteiger charge is -2.39. The van der Waals surface area contributed by atoms with Gasteiger partial charge in [0.1, 0.15) is 17.5 Å². The summed E-state index contributed by atoms with van der Waals surface area (Å²) in [4.78, 5) is 8.26. The second-order valence-electron chi connectivity index (χ2n) is 8.82. The highest BCUT2D eigenvalue weighted by atomic mass is 35.5. The summed E-state index contributed by atoms with van der Waals surface area (Å²) in [7, 11) is 0. The molecular weight excluding hydrogens is 491 g/mol. The van der Waals surface area contributed by atoms with Crippen LogP contribution in [0.3, 0.4) is 0 Å². The van der Waals surface area contributed by atoms with Gasteiger partial charge in [-0.05, 0) is 35.7 Å². The predicted octanol–water partition coefficient (Wildman–Crippen LogP) is 6.06. The SMILES string of the molecule is Cl.Cl.N#Cc1cc2c(OCCCN3CCN(C(c4ccccc4)c4ccccc4)CC3)cccc2[nH]1. The Kier molecular flexibility index (Phi) is 10.2. The van der Waals surface area contributed by atoms with Crippen LogP contribution in [0.15, 0.2) is 84.9 Å². The largest absolute Gasteiger partial charge is 0.493 e. The number of benzene rings is 3. The van der Waals surface area contributed by atoms with Crippen molar-refractivity contribution in [3.05, 3.63) is 102 Å². The fraction of sp³-hybridized carbons (Fsp3) is 0.276. The third-order valence-corrected chi connectivity index (χ3v) is 6.62. The van der Waals surface area contributed by atoms with Crippen LogP contribution >= 0.6 is 24.8 Å². The zero-order chi connectivity index (χ0) is 23.2. The molecule has 7 heteroatoms. The lowest BCUT2D eigenvalue weighted by molar-refractivity contribution is 0.105. The minimum absolute atomic E-state index is 0. The van der Waals surface area contributed by atoms with E-state index in [9.17, 15) is 0 Å². The van der Waals surface area contributed by atoms with E-state index in [1.807, 2.05) is 24.3 Å². The van der Waals surface area contributed by atoms with Gasteiger partial charge in [0.25, 0.3) is 0 Å². The van der Waals surface area contributed by atoms with E-state index in [1.165, 1.54) is 11.1 Å². The number of ether oxygens (including phenoxy) is 1. The smallest absolute Gasteiger partial charge is 0.128 e. The zero-order valence-electron chi connectivity index (χ0n) is 20.2. The molecule has 0 spiro atoms. The van der Waals surface area contributed by atoms with Crippen LogP contribution in [-0.2, 0) is 0 Å². The van der Waals surface area contributed by atoms with Crippen LogP contribution in [-0.4, -0.2) is 54.1 Å². The molecule has 1 fully saturated rings. The maximum atomic E-state index is 9.14. The molecule has 1 saturated heterocycles. The molecule has 1 aromatic heterocycles. The first kappa shape index (κ1) is 27.6. The average Bonchev–Trinajstić information content (AvgIpc) is 3.33. The lowest BCUT2D eigenvalue weighted by Crippen LogP contribution is -2.48.